The van der Waals surface area contributed by atoms with Crippen LogP contribution in [0.3, 0.4) is 0 Å². The highest BCUT2D eigenvalue weighted by Gasteiger charge is 2.43. The molecule has 1 heterocycles. The lowest BCUT2D eigenvalue weighted by Gasteiger charge is -2.20. The van der Waals surface area contributed by atoms with Gasteiger partial charge in [0, 0.05) is 13.2 Å². The Morgan fingerprint density at radius 2 is 2.11 bits per heavy atom. The fourth-order valence-electron chi connectivity index (χ4n) is 3.08. The number of hydrogen-bond acceptors (Lipinski definition) is 3. The zero-order valence-corrected chi connectivity index (χ0v) is 13.3. The molecule has 1 aliphatic carbocycles. The highest BCUT2D eigenvalue weighted by molar-refractivity contribution is 6.37. The SMILES string of the molecule is CCOCC(OCC)[SiH2]CCC1CCC2OC2C1. The van der Waals surface area contributed by atoms with Crippen molar-refractivity contribution in [3.8, 4) is 0 Å². The van der Waals surface area contributed by atoms with Crippen molar-refractivity contribution in [2.75, 3.05) is 19.8 Å². The molecule has 2 fully saturated rings. The van der Waals surface area contributed by atoms with E-state index in [0.717, 1.165) is 25.7 Å². The van der Waals surface area contributed by atoms with Crippen LogP contribution in [0.15, 0.2) is 0 Å². The van der Waals surface area contributed by atoms with Gasteiger partial charge in [0.15, 0.2) is 0 Å². The van der Waals surface area contributed by atoms with Gasteiger partial charge in [0.05, 0.1) is 34.1 Å². The maximum Gasteiger partial charge on any atom is 0.0844 e. The summed E-state index contributed by atoms with van der Waals surface area (Å²) in [6.07, 6.45) is 6.70. The molecule has 0 radical (unpaired) electrons. The van der Waals surface area contributed by atoms with Gasteiger partial charge >= 0.3 is 0 Å². The first-order valence-corrected chi connectivity index (χ1v) is 9.49. The van der Waals surface area contributed by atoms with Crippen molar-refractivity contribution in [1.82, 2.24) is 0 Å². The first-order chi connectivity index (χ1) is 8.83. The molecule has 1 aliphatic heterocycles. The van der Waals surface area contributed by atoms with Crippen molar-refractivity contribution in [2.24, 2.45) is 5.92 Å². The smallest absolute Gasteiger partial charge is 0.0844 e. The number of fused-ring (bicyclic) bond motifs is 1. The summed E-state index contributed by atoms with van der Waals surface area (Å²) >= 11 is 0. The lowest BCUT2D eigenvalue weighted by Crippen LogP contribution is -2.27. The van der Waals surface area contributed by atoms with Crippen LogP contribution in [-0.4, -0.2) is 47.3 Å². The van der Waals surface area contributed by atoms with E-state index in [4.69, 9.17) is 14.2 Å². The summed E-state index contributed by atoms with van der Waals surface area (Å²) in [5, 5.41) is 0. The Bertz CT molecular complexity index is 237. The van der Waals surface area contributed by atoms with Crippen molar-refractivity contribution in [3.05, 3.63) is 0 Å². The van der Waals surface area contributed by atoms with Crippen LogP contribution in [-0.2, 0) is 14.2 Å². The molecule has 0 aromatic carbocycles. The highest BCUT2D eigenvalue weighted by Crippen LogP contribution is 2.40. The standard InChI is InChI=1S/C14H28O3Si/c1-3-15-10-14(16-4-2)18-8-7-11-5-6-12-13(9-11)17-12/h11-14H,3-10,18H2,1-2H3. The molecule has 4 atom stereocenters. The van der Waals surface area contributed by atoms with Gasteiger partial charge in [0.2, 0.25) is 0 Å². The van der Waals surface area contributed by atoms with Crippen molar-refractivity contribution in [2.45, 2.75) is 63.5 Å². The van der Waals surface area contributed by atoms with Gasteiger partial charge in [-0.3, -0.25) is 0 Å². The Hall–Kier alpha value is 0.0969. The maximum atomic E-state index is 5.77. The molecule has 0 N–H and O–H groups in total. The van der Waals surface area contributed by atoms with Gasteiger partial charge in [-0.05, 0) is 39.0 Å². The molecular formula is C14H28O3Si. The molecule has 0 amide bonds. The van der Waals surface area contributed by atoms with Crippen LogP contribution in [0.2, 0.25) is 6.04 Å². The quantitative estimate of drug-likeness (QED) is 0.475. The molecule has 0 bridgehead atoms. The predicted octanol–water partition coefficient (Wildman–Crippen LogP) is 1.93. The third-order valence-electron chi connectivity index (χ3n) is 4.16. The molecule has 2 rings (SSSR count). The third kappa shape index (κ3) is 4.65. The molecule has 3 nitrogen and oxygen atoms in total. The molecule has 2 aliphatic rings. The molecule has 18 heavy (non-hydrogen) atoms. The maximum absolute atomic E-state index is 5.77. The lowest BCUT2D eigenvalue weighted by atomic mass is 9.88. The topological polar surface area (TPSA) is 31.0 Å². The minimum Gasteiger partial charge on any atom is -0.380 e. The molecule has 4 heteroatoms. The minimum absolute atomic E-state index is 0.142. The molecule has 0 aromatic rings. The Morgan fingerprint density at radius 1 is 1.22 bits per heavy atom. The molecule has 0 aromatic heterocycles. The second-order valence-corrected chi connectivity index (χ2v) is 7.75. The monoisotopic (exact) mass is 272 g/mol. The average molecular weight is 272 g/mol. The fourth-order valence-corrected chi connectivity index (χ4v) is 5.09. The van der Waals surface area contributed by atoms with E-state index in [0.29, 0.717) is 17.9 Å². The van der Waals surface area contributed by atoms with Crippen molar-refractivity contribution in [3.63, 3.8) is 0 Å². The number of epoxide rings is 1. The van der Waals surface area contributed by atoms with Gasteiger partial charge in [-0.25, -0.2) is 0 Å². The van der Waals surface area contributed by atoms with Gasteiger partial charge in [-0.1, -0.05) is 12.5 Å². The van der Waals surface area contributed by atoms with Crippen molar-refractivity contribution < 1.29 is 14.2 Å². The van der Waals surface area contributed by atoms with E-state index < -0.39 is 0 Å². The largest absolute Gasteiger partial charge is 0.380 e. The van der Waals surface area contributed by atoms with E-state index in [1.807, 2.05) is 0 Å². The van der Waals surface area contributed by atoms with Crippen LogP contribution in [0.25, 0.3) is 0 Å². The number of rotatable bonds is 9. The van der Waals surface area contributed by atoms with E-state index in [2.05, 4.69) is 13.8 Å². The second-order valence-electron chi connectivity index (χ2n) is 5.56. The third-order valence-corrected chi connectivity index (χ3v) is 6.09. The molecule has 1 saturated heterocycles. The lowest BCUT2D eigenvalue weighted by molar-refractivity contribution is 0.0326. The average Bonchev–Trinajstić information content (AvgIpc) is 3.14. The summed E-state index contributed by atoms with van der Waals surface area (Å²) in [7, 11) is -0.142. The van der Waals surface area contributed by atoms with Gasteiger partial charge in [-0.2, -0.15) is 0 Å². The minimum atomic E-state index is -0.142. The highest BCUT2D eigenvalue weighted by atomic mass is 28.2. The van der Waals surface area contributed by atoms with Gasteiger partial charge in [-0.15, -0.1) is 0 Å². The fraction of sp³-hybridized carbons (Fsp3) is 1.00. The van der Waals surface area contributed by atoms with Crippen LogP contribution in [0.4, 0.5) is 0 Å². The van der Waals surface area contributed by atoms with Crippen molar-refractivity contribution >= 4 is 9.52 Å². The van der Waals surface area contributed by atoms with Crippen LogP contribution < -0.4 is 0 Å². The molecule has 4 unspecified atom stereocenters. The summed E-state index contributed by atoms with van der Waals surface area (Å²) in [5.74, 6) is 0.927. The Balaban J connectivity index is 1.56. The first-order valence-electron chi connectivity index (χ1n) is 7.68. The molecular weight excluding hydrogens is 244 g/mol. The molecule has 1 saturated carbocycles. The molecule has 106 valence electrons. The normalized spacial score (nSPS) is 32.7. The van der Waals surface area contributed by atoms with Crippen LogP contribution in [0, 0.1) is 5.92 Å². The van der Waals surface area contributed by atoms with E-state index in [1.165, 1.54) is 31.7 Å². The van der Waals surface area contributed by atoms with E-state index in [1.54, 1.807) is 0 Å². The molecule has 0 spiro atoms. The summed E-state index contributed by atoms with van der Waals surface area (Å²) in [6, 6.07) is 1.40. The van der Waals surface area contributed by atoms with E-state index in [9.17, 15) is 0 Å². The van der Waals surface area contributed by atoms with Gasteiger partial charge < -0.3 is 14.2 Å². The van der Waals surface area contributed by atoms with Gasteiger partial charge in [0.1, 0.15) is 0 Å². The van der Waals surface area contributed by atoms with Crippen LogP contribution >= 0.6 is 0 Å². The summed E-state index contributed by atoms with van der Waals surface area (Å²) in [6.45, 7) is 6.58. The summed E-state index contributed by atoms with van der Waals surface area (Å²) in [5.41, 5.74) is 0.434. The van der Waals surface area contributed by atoms with Crippen molar-refractivity contribution in [1.29, 1.82) is 0 Å². The second kappa shape index (κ2) is 7.63. The summed E-state index contributed by atoms with van der Waals surface area (Å²) < 4.78 is 16.9. The first kappa shape index (κ1) is 14.5. The Kier molecular flexibility index (Phi) is 6.15. The Morgan fingerprint density at radius 3 is 2.83 bits per heavy atom. The summed E-state index contributed by atoms with van der Waals surface area (Å²) in [4.78, 5) is 0. The van der Waals surface area contributed by atoms with Crippen LogP contribution in [0.5, 0.6) is 0 Å². The van der Waals surface area contributed by atoms with Crippen LogP contribution in [0.1, 0.15) is 39.5 Å². The zero-order valence-electron chi connectivity index (χ0n) is 11.9. The zero-order chi connectivity index (χ0) is 12.8. The van der Waals surface area contributed by atoms with E-state index in [-0.39, 0.29) is 9.52 Å². The Labute approximate surface area is 113 Å². The number of ether oxygens (including phenoxy) is 3. The predicted molar refractivity (Wildman–Crippen MR) is 75.9 cm³/mol. The number of hydrogen-bond donors (Lipinski definition) is 0. The van der Waals surface area contributed by atoms with E-state index >= 15 is 0 Å². The van der Waals surface area contributed by atoms with Gasteiger partial charge in [0.25, 0.3) is 0 Å².